The molecule has 0 saturated carbocycles. The number of nitrogens with one attached hydrogen (secondary N) is 1. The molecule has 0 unspecified atom stereocenters. The minimum Gasteiger partial charge on any atom is -0.492 e. The maximum atomic E-state index is 12.1. The highest BCUT2D eigenvalue weighted by Gasteiger charge is 2.12. The van der Waals surface area contributed by atoms with Crippen molar-refractivity contribution in [2.75, 3.05) is 13.2 Å². The summed E-state index contributed by atoms with van der Waals surface area (Å²) in [6.07, 6.45) is 1.02. The fourth-order valence-corrected chi connectivity index (χ4v) is 3.23. The Morgan fingerprint density at radius 1 is 1.26 bits per heavy atom. The second kappa shape index (κ2) is 8.39. The highest BCUT2D eigenvalue weighted by Crippen LogP contribution is 2.18. The first-order valence-electron chi connectivity index (χ1n) is 8.91. The third-order valence-electron chi connectivity index (χ3n) is 4.38. The van der Waals surface area contributed by atoms with E-state index in [4.69, 9.17) is 16.3 Å². The maximum absolute atomic E-state index is 12.1. The Bertz CT molecular complexity index is 968. The normalized spacial score (nSPS) is 11.0. The zero-order valence-corrected chi connectivity index (χ0v) is 16.5. The average Bonchev–Trinajstić information content (AvgIpc) is 2.99. The van der Waals surface area contributed by atoms with Crippen molar-refractivity contribution in [2.24, 2.45) is 0 Å². The first kappa shape index (κ1) is 19.2. The molecule has 0 aliphatic rings. The summed E-state index contributed by atoms with van der Waals surface area (Å²) in [5.41, 5.74) is 4.81. The van der Waals surface area contributed by atoms with Crippen LogP contribution in [0.15, 0.2) is 30.3 Å². The molecule has 0 atom stereocenters. The van der Waals surface area contributed by atoms with E-state index in [0.717, 1.165) is 28.3 Å². The van der Waals surface area contributed by atoms with Crippen molar-refractivity contribution in [3.05, 3.63) is 58.0 Å². The number of aryl methyl sites for hydroxylation is 3. The molecule has 27 heavy (non-hydrogen) atoms. The van der Waals surface area contributed by atoms with Crippen LogP contribution in [0.5, 0.6) is 5.75 Å². The molecule has 3 rings (SSSR count). The van der Waals surface area contributed by atoms with Crippen LogP contribution in [0, 0.1) is 20.8 Å². The van der Waals surface area contributed by atoms with E-state index in [1.54, 1.807) is 12.1 Å². The minimum absolute atomic E-state index is 0.0137. The largest absolute Gasteiger partial charge is 0.492 e. The molecular formula is C20H23ClN4O2. The molecule has 2 aromatic heterocycles. The average molecular weight is 387 g/mol. The Balaban J connectivity index is 1.50. The van der Waals surface area contributed by atoms with Gasteiger partial charge in [0, 0.05) is 28.9 Å². The summed E-state index contributed by atoms with van der Waals surface area (Å²) in [6, 6.07) is 9.15. The van der Waals surface area contributed by atoms with Crippen LogP contribution < -0.4 is 10.1 Å². The van der Waals surface area contributed by atoms with Gasteiger partial charge in [-0.05, 0) is 51.0 Å². The number of amides is 1. The number of nitrogens with zero attached hydrogens (tertiary/aromatic N) is 3. The molecule has 1 N–H and O–H groups in total. The van der Waals surface area contributed by atoms with E-state index in [1.807, 2.05) is 43.5 Å². The summed E-state index contributed by atoms with van der Waals surface area (Å²) in [7, 11) is 0. The van der Waals surface area contributed by atoms with Crippen molar-refractivity contribution in [1.29, 1.82) is 0 Å². The third-order valence-corrected chi connectivity index (χ3v) is 4.61. The molecule has 6 nitrogen and oxygen atoms in total. The number of benzene rings is 1. The number of hydrogen-bond donors (Lipinski definition) is 1. The van der Waals surface area contributed by atoms with Gasteiger partial charge >= 0.3 is 0 Å². The molecule has 0 aliphatic carbocycles. The van der Waals surface area contributed by atoms with Crippen molar-refractivity contribution in [1.82, 2.24) is 19.9 Å². The molecular weight excluding hydrogens is 364 g/mol. The van der Waals surface area contributed by atoms with Crippen molar-refractivity contribution in [2.45, 2.75) is 33.6 Å². The van der Waals surface area contributed by atoms with E-state index in [0.29, 0.717) is 36.8 Å². The van der Waals surface area contributed by atoms with Gasteiger partial charge in [0.25, 0.3) is 0 Å². The van der Waals surface area contributed by atoms with Crippen LogP contribution >= 0.6 is 11.6 Å². The van der Waals surface area contributed by atoms with Gasteiger partial charge in [-0.25, -0.2) is 9.50 Å². The highest BCUT2D eigenvalue weighted by molar-refractivity contribution is 6.30. The zero-order valence-electron chi connectivity index (χ0n) is 15.8. The predicted octanol–water partition coefficient (Wildman–Crippen LogP) is 3.44. The standard InChI is InChI=1S/C20H23ClN4O2/c1-13-11-19-23-14(2)18(15(3)25(19)24-13)7-8-20(26)22-9-10-27-17-6-4-5-16(21)12-17/h4-6,11-12H,7-10H2,1-3H3,(H,22,26). The van der Waals surface area contributed by atoms with E-state index in [1.165, 1.54) is 0 Å². The topological polar surface area (TPSA) is 68.5 Å². The van der Waals surface area contributed by atoms with Gasteiger partial charge in [0.2, 0.25) is 5.91 Å². The molecule has 142 valence electrons. The first-order valence-corrected chi connectivity index (χ1v) is 9.29. The summed E-state index contributed by atoms with van der Waals surface area (Å²) >= 11 is 5.91. The third kappa shape index (κ3) is 4.77. The number of carbonyl (C=O) groups excluding carboxylic acids is 1. The molecule has 2 heterocycles. The Morgan fingerprint density at radius 2 is 2.07 bits per heavy atom. The van der Waals surface area contributed by atoms with E-state index in [2.05, 4.69) is 15.4 Å². The summed E-state index contributed by atoms with van der Waals surface area (Å²) in [4.78, 5) is 16.7. The number of ether oxygens (including phenoxy) is 1. The predicted molar refractivity (Wildman–Crippen MR) is 105 cm³/mol. The minimum atomic E-state index is -0.0137. The van der Waals surface area contributed by atoms with Crippen LogP contribution in [-0.2, 0) is 11.2 Å². The van der Waals surface area contributed by atoms with Crippen molar-refractivity contribution >= 4 is 23.2 Å². The number of hydrogen-bond acceptors (Lipinski definition) is 4. The SMILES string of the molecule is Cc1cc2nc(C)c(CCC(=O)NCCOc3cccc(Cl)c3)c(C)n2n1. The molecule has 0 aliphatic heterocycles. The van der Waals surface area contributed by atoms with Gasteiger partial charge in [-0.2, -0.15) is 5.10 Å². The number of aromatic nitrogens is 3. The van der Waals surface area contributed by atoms with Crippen LogP contribution in [-0.4, -0.2) is 33.7 Å². The molecule has 0 saturated heterocycles. The molecule has 7 heteroatoms. The van der Waals surface area contributed by atoms with Gasteiger partial charge in [0.05, 0.1) is 12.2 Å². The summed E-state index contributed by atoms with van der Waals surface area (Å²) in [5, 5.41) is 7.97. The van der Waals surface area contributed by atoms with Crippen LogP contribution in [0.25, 0.3) is 5.65 Å². The molecule has 0 spiro atoms. The lowest BCUT2D eigenvalue weighted by molar-refractivity contribution is -0.121. The number of halogens is 1. The van der Waals surface area contributed by atoms with E-state index in [-0.39, 0.29) is 5.91 Å². The molecule has 0 bridgehead atoms. The van der Waals surface area contributed by atoms with Gasteiger partial charge < -0.3 is 10.1 Å². The number of fused-ring (bicyclic) bond motifs is 1. The summed E-state index contributed by atoms with van der Waals surface area (Å²) in [6.45, 7) is 6.77. The lowest BCUT2D eigenvalue weighted by Crippen LogP contribution is -2.28. The van der Waals surface area contributed by atoms with Gasteiger partial charge in [-0.3, -0.25) is 4.79 Å². The fourth-order valence-electron chi connectivity index (χ4n) is 3.05. The van der Waals surface area contributed by atoms with Gasteiger partial charge in [-0.1, -0.05) is 17.7 Å². The van der Waals surface area contributed by atoms with Crippen molar-refractivity contribution in [3.63, 3.8) is 0 Å². The molecule has 3 aromatic rings. The molecule has 0 radical (unpaired) electrons. The number of rotatable bonds is 7. The lowest BCUT2D eigenvalue weighted by Gasteiger charge is -2.11. The summed E-state index contributed by atoms with van der Waals surface area (Å²) in [5.74, 6) is 0.678. The fraction of sp³-hybridized carbons (Fsp3) is 0.350. The molecule has 0 fully saturated rings. The van der Waals surface area contributed by atoms with Gasteiger partial charge in [-0.15, -0.1) is 0 Å². The second-order valence-corrected chi connectivity index (χ2v) is 6.91. The van der Waals surface area contributed by atoms with Crippen LogP contribution in [0.1, 0.15) is 29.1 Å². The smallest absolute Gasteiger partial charge is 0.220 e. The van der Waals surface area contributed by atoms with E-state index in [9.17, 15) is 4.79 Å². The van der Waals surface area contributed by atoms with Crippen LogP contribution in [0.4, 0.5) is 0 Å². The Hall–Kier alpha value is -2.60. The Labute approximate surface area is 163 Å². The monoisotopic (exact) mass is 386 g/mol. The molecule has 1 amide bonds. The van der Waals surface area contributed by atoms with Crippen LogP contribution in [0.3, 0.4) is 0 Å². The Kier molecular flexibility index (Phi) is 5.96. The second-order valence-electron chi connectivity index (χ2n) is 6.47. The quantitative estimate of drug-likeness (QED) is 0.631. The van der Waals surface area contributed by atoms with Crippen molar-refractivity contribution < 1.29 is 9.53 Å². The summed E-state index contributed by atoms with van der Waals surface area (Å²) < 4.78 is 7.41. The maximum Gasteiger partial charge on any atom is 0.220 e. The zero-order chi connectivity index (χ0) is 19.4. The highest BCUT2D eigenvalue weighted by atomic mass is 35.5. The van der Waals surface area contributed by atoms with E-state index < -0.39 is 0 Å². The first-order chi connectivity index (χ1) is 12.9. The lowest BCUT2D eigenvalue weighted by atomic mass is 10.1. The Morgan fingerprint density at radius 3 is 2.85 bits per heavy atom. The number of carbonyl (C=O) groups is 1. The van der Waals surface area contributed by atoms with Crippen LogP contribution in [0.2, 0.25) is 5.02 Å². The van der Waals surface area contributed by atoms with Gasteiger partial charge in [0.1, 0.15) is 12.4 Å². The van der Waals surface area contributed by atoms with E-state index >= 15 is 0 Å². The van der Waals surface area contributed by atoms with Gasteiger partial charge in [0.15, 0.2) is 5.65 Å². The molecule has 1 aromatic carbocycles. The van der Waals surface area contributed by atoms with Crippen molar-refractivity contribution in [3.8, 4) is 5.75 Å².